The maximum atomic E-state index is 12.1. The summed E-state index contributed by atoms with van der Waals surface area (Å²) in [7, 11) is 1.62. The van der Waals surface area contributed by atoms with Crippen LogP contribution < -0.4 is 10.1 Å². The van der Waals surface area contributed by atoms with Crippen molar-refractivity contribution >= 4 is 11.9 Å². The van der Waals surface area contributed by atoms with E-state index < -0.39 is 18.4 Å². The van der Waals surface area contributed by atoms with Crippen LogP contribution in [0.4, 0.5) is 13.2 Å². The number of carboxylic acid groups (broad SMARTS) is 1. The Labute approximate surface area is 137 Å². The summed E-state index contributed by atoms with van der Waals surface area (Å²) in [5.74, 6) is -1.60. The van der Waals surface area contributed by atoms with E-state index in [4.69, 9.17) is 5.11 Å². The number of rotatable bonds is 8. The third-order valence-electron chi connectivity index (χ3n) is 3.11. The Bertz CT molecular complexity index is 561. The molecule has 0 bridgehead atoms. The lowest BCUT2D eigenvalue weighted by molar-refractivity contribution is -0.274. The van der Waals surface area contributed by atoms with Crippen LogP contribution in [0.25, 0.3) is 0 Å². The SMILES string of the molecule is CC(NC(=O)CN(C)CCC(=O)O)c1ccc(OC(F)(F)F)cc1. The molecule has 0 aromatic heterocycles. The van der Waals surface area contributed by atoms with Gasteiger partial charge in [0.1, 0.15) is 5.75 Å². The van der Waals surface area contributed by atoms with E-state index in [2.05, 4.69) is 10.1 Å². The van der Waals surface area contributed by atoms with Crippen LogP contribution in [-0.2, 0) is 9.59 Å². The lowest BCUT2D eigenvalue weighted by Gasteiger charge is -2.19. The van der Waals surface area contributed by atoms with Crippen molar-refractivity contribution in [3.63, 3.8) is 0 Å². The van der Waals surface area contributed by atoms with Gasteiger partial charge in [-0.2, -0.15) is 0 Å². The zero-order chi connectivity index (χ0) is 18.3. The van der Waals surface area contributed by atoms with Gasteiger partial charge in [-0.05, 0) is 31.7 Å². The lowest BCUT2D eigenvalue weighted by atomic mass is 10.1. The fourth-order valence-electron chi connectivity index (χ4n) is 1.94. The van der Waals surface area contributed by atoms with Crippen LogP contribution in [0.3, 0.4) is 0 Å². The molecule has 0 spiro atoms. The van der Waals surface area contributed by atoms with E-state index in [-0.39, 0.29) is 31.2 Å². The van der Waals surface area contributed by atoms with E-state index in [0.717, 1.165) is 0 Å². The Kier molecular flexibility index (Phi) is 7.02. The summed E-state index contributed by atoms with van der Waals surface area (Å²) in [6.07, 6.45) is -4.82. The van der Waals surface area contributed by atoms with Crippen LogP contribution in [-0.4, -0.2) is 48.4 Å². The highest BCUT2D eigenvalue weighted by molar-refractivity contribution is 5.78. The largest absolute Gasteiger partial charge is 0.573 e. The normalized spacial score (nSPS) is 12.8. The second kappa shape index (κ2) is 8.53. The number of nitrogens with one attached hydrogen (secondary N) is 1. The third-order valence-corrected chi connectivity index (χ3v) is 3.11. The summed E-state index contributed by atoms with van der Waals surface area (Å²) in [4.78, 5) is 23.9. The average Bonchev–Trinajstić information content (AvgIpc) is 2.43. The molecule has 1 amide bonds. The fourth-order valence-corrected chi connectivity index (χ4v) is 1.94. The molecule has 0 heterocycles. The first-order chi connectivity index (χ1) is 11.1. The number of carbonyl (C=O) groups is 2. The number of nitrogens with zero attached hydrogens (tertiary/aromatic N) is 1. The summed E-state index contributed by atoms with van der Waals surface area (Å²) in [6, 6.07) is 4.79. The number of ether oxygens (including phenoxy) is 1. The maximum Gasteiger partial charge on any atom is 0.573 e. The number of halogens is 3. The van der Waals surface area contributed by atoms with Gasteiger partial charge in [0, 0.05) is 6.54 Å². The molecule has 1 atom stereocenters. The van der Waals surface area contributed by atoms with Crippen LogP contribution in [0.2, 0.25) is 0 Å². The summed E-state index contributed by atoms with van der Waals surface area (Å²) >= 11 is 0. The topological polar surface area (TPSA) is 78.9 Å². The van der Waals surface area contributed by atoms with Crippen LogP contribution in [0, 0.1) is 0 Å². The Hall–Kier alpha value is -2.29. The highest BCUT2D eigenvalue weighted by Crippen LogP contribution is 2.24. The smallest absolute Gasteiger partial charge is 0.481 e. The standard InChI is InChI=1S/C15H19F3N2O4/c1-10(19-13(21)9-20(2)8-7-14(22)23)11-3-5-12(6-4-11)24-15(16,17)18/h3-6,10H,7-9H2,1-2H3,(H,19,21)(H,22,23). The molecular weight excluding hydrogens is 329 g/mol. The van der Waals surface area contributed by atoms with E-state index in [0.29, 0.717) is 5.56 Å². The summed E-state index contributed by atoms with van der Waals surface area (Å²) in [5, 5.41) is 11.3. The van der Waals surface area contributed by atoms with Gasteiger partial charge in [-0.3, -0.25) is 14.5 Å². The molecule has 0 aliphatic rings. The van der Waals surface area contributed by atoms with Crippen LogP contribution >= 0.6 is 0 Å². The maximum absolute atomic E-state index is 12.1. The minimum Gasteiger partial charge on any atom is -0.481 e. The van der Waals surface area contributed by atoms with Gasteiger partial charge in [-0.1, -0.05) is 12.1 Å². The van der Waals surface area contributed by atoms with Gasteiger partial charge >= 0.3 is 12.3 Å². The second-order valence-electron chi connectivity index (χ2n) is 5.29. The van der Waals surface area contributed by atoms with E-state index in [1.807, 2.05) is 0 Å². The first-order valence-electron chi connectivity index (χ1n) is 7.12. The van der Waals surface area contributed by atoms with E-state index in [1.54, 1.807) is 18.9 Å². The van der Waals surface area contributed by atoms with Crippen LogP contribution in [0.1, 0.15) is 24.9 Å². The number of hydrogen-bond acceptors (Lipinski definition) is 4. The van der Waals surface area contributed by atoms with Crippen molar-refractivity contribution in [3.8, 4) is 5.75 Å². The predicted octanol–water partition coefficient (Wildman–Crippen LogP) is 2.17. The van der Waals surface area contributed by atoms with E-state index in [1.165, 1.54) is 24.3 Å². The van der Waals surface area contributed by atoms with Gasteiger partial charge in [-0.25, -0.2) is 0 Å². The zero-order valence-corrected chi connectivity index (χ0v) is 13.3. The molecule has 0 aliphatic carbocycles. The highest BCUT2D eigenvalue weighted by atomic mass is 19.4. The minimum absolute atomic E-state index is 0.0207. The number of carboxylic acids is 1. The molecule has 1 unspecified atom stereocenters. The Balaban J connectivity index is 2.50. The van der Waals surface area contributed by atoms with Crippen molar-refractivity contribution in [2.45, 2.75) is 25.7 Å². The monoisotopic (exact) mass is 348 g/mol. The van der Waals surface area contributed by atoms with Gasteiger partial charge in [0.05, 0.1) is 19.0 Å². The van der Waals surface area contributed by atoms with E-state index >= 15 is 0 Å². The van der Waals surface area contributed by atoms with Crippen molar-refractivity contribution in [1.82, 2.24) is 10.2 Å². The molecule has 0 radical (unpaired) electrons. The fraction of sp³-hybridized carbons (Fsp3) is 0.467. The molecule has 134 valence electrons. The molecule has 0 aliphatic heterocycles. The van der Waals surface area contributed by atoms with Gasteiger partial charge in [-0.15, -0.1) is 13.2 Å². The van der Waals surface area contributed by atoms with Crippen LogP contribution in [0.15, 0.2) is 24.3 Å². The Morgan fingerprint density at radius 2 is 1.88 bits per heavy atom. The first kappa shape index (κ1) is 19.8. The molecule has 1 rings (SSSR count). The molecule has 9 heteroatoms. The molecule has 1 aromatic carbocycles. The average molecular weight is 348 g/mol. The van der Waals surface area contributed by atoms with Gasteiger partial charge in [0.25, 0.3) is 0 Å². The second-order valence-corrected chi connectivity index (χ2v) is 5.29. The first-order valence-corrected chi connectivity index (χ1v) is 7.12. The molecule has 0 saturated heterocycles. The number of hydrogen-bond donors (Lipinski definition) is 2. The summed E-state index contributed by atoms with van der Waals surface area (Å²) in [5.41, 5.74) is 0.617. The molecule has 0 fully saturated rings. The third kappa shape index (κ3) is 7.82. The molecule has 1 aromatic rings. The Morgan fingerprint density at radius 1 is 1.29 bits per heavy atom. The van der Waals surface area contributed by atoms with Gasteiger partial charge in [0.15, 0.2) is 0 Å². The van der Waals surface area contributed by atoms with Crippen LogP contribution in [0.5, 0.6) is 5.75 Å². The molecule has 2 N–H and O–H groups in total. The minimum atomic E-state index is -4.75. The van der Waals surface area contributed by atoms with Crippen molar-refractivity contribution in [2.75, 3.05) is 20.1 Å². The van der Waals surface area contributed by atoms with E-state index in [9.17, 15) is 22.8 Å². The quantitative estimate of drug-likeness (QED) is 0.753. The Morgan fingerprint density at radius 3 is 2.38 bits per heavy atom. The van der Waals surface area contributed by atoms with Gasteiger partial charge < -0.3 is 15.2 Å². The van der Waals surface area contributed by atoms with Gasteiger partial charge in [0.2, 0.25) is 5.91 Å². The number of carbonyl (C=O) groups excluding carboxylic acids is 1. The van der Waals surface area contributed by atoms with Crippen molar-refractivity contribution < 1.29 is 32.6 Å². The molecule has 6 nitrogen and oxygen atoms in total. The number of amides is 1. The van der Waals surface area contributed by atoms with Crippen molar-refractivity contribution in [3.05, 3.63) is 29.8 Å². The zero-order valence-electron chi connectivity index (χ0n) is 13.3. The number of aliphatic carboxylic acids is 1. The highest BCUT2D eigenvalue weighted by Gasteiger charge is 2.31. The molecular formula is C15H19F3N2O4. The van der Waals surface area contributed by atoms with Crippen molar-refractivity contribution in [1.29, 1.82) is 0 Å². The summed E-state index contributed by atoms with van der Waals surface area (Å²) < 4.78 is 40.0. The lowest BCUT2D eigenvalue weighted by Crippen LogP contribution is -2.37. The number of benzene rings is 1. The predicted molar refractivity (Wildman–Crippen MR) is 79.4 cm³/mol. The number of alkyl halides is 3. The molecule has 0 saturated carbocycles. The number of likely N-dealkylation sites (N-methyl/N-ethyl adjacent to an activating group) is 1. The molecule has 24 heavy (non-hydrogen) atoms. The summed E-state index contributed by atoms with van der Waals surface area (Å²) in [6.45, 7) is 1.95. The van der Waals surface area contributed by atoms with Crippen molar-refractivity contribution in [2.24, 2.45) is 0 Å².